The summed E-state index contributed by atoms with van der Waals surface area (Å²) in [7, 11) is -1.36. The van der Waals surface area contributed by atoms with Crippen LogP contribution in [0.3, 0.4) is 0 Å². The van der Waals surface area contributed by atoms with Crippen LogP contribution in [0.25, 0.3) is 11.2 Å². The van der Waals surface area contributed by atoms with Crippen LogP contribution in [-0.2, 0) is 18.6 Å². The average molecular weight is 520 g/mol. The number of hydrogen-bond donors (Lipinski definition) is 2. The van der Waals surface area contributed by atoms with Gasteiger partial charge in [-0.15, -0.1) is 0 Å². The van der Waals surface area contributed by atoms with E-state index in [4.69, 9.17) is 19.5 Å². The van der Waals surface area contributed by atoms with E-state index >= 15 is 0 Å². The normalized spacial score (nSPS) is 19.7. The lowest BCUT2D eigenvalue weighted by Crippen LogP contribution is -2.34. The van der Waals surface area contributed by atoms with E-state index in [9.17, 15) is 13.8 Å². The van der Waals surface area contributed by atoms with Crippen LogP contribution >= 0.6 is 7.75 Å². The van der Waals surface area contributed by atoms with E-state index in [1.54, 1.807) is 6.33 Å². The molecule has 0 bridgehead atoms. The number of nitrogens with two attached hydrogens (primary N) is 1. The molecule has 1 aromatic carbocycles. The number of nitrogen functional groups attached to an aromatic ring is 1. The van der Waals surface area contributed by atoms with Crippen LogP contribution in [0.2, 0.25) is 0 Å². The van der Waals surface area contributed by atoms with Crippen molar-refractivity contribution in [2.75, 3.05) is 26.6 Å². The summed E-state index contributed by atoms with van der Waals surface area (Å²) in [4.78, 5) is 24.6. The second-order valence-corrected chi connectivity index (χ2v) is 9.77. The molecule has 192 valence electrons. The second-order valence-electron chi connectivity index (χ2n) is 8.08. The van der Waals surface area contributed by atoms with Gasteiger partial charge in [0.25, 0.3) is 0 Å². The van der Waals surface area contributed by atoms with Crippen LogP contribution in [0.15, 0.2) is 42.7 Å². The Morgan fingerprint density at radius 2 is 2.03 bits per heavy atom. The Bertz CT molecular complexity index is 1320. The Morgan fingerprint density at radius 1 is 1.28 bits per heavy atom. The first-order chi connectivity index (χ1) is 17.2. The van der Waals surface area contributed by atoms with Crippen molar-refractivity contribution in [1.29, 1.82) is 0 Å². The summed E-state index contributed by atoms with van der Waals surface area (Å²) < 4.78 is 49.8. The lowest BCUT2D eigenvalue weighted by Gasteiger charge is -2.23. The molecule has 3 N–H and O–H groups in total. The monoisotopic (exact) mass is 520 g/mol. The third kappa shape index (κ3) is 5.64. The molecule has 0 saturated carbocycles. The number of carbonyl (C=O) groups is 1. The predicted octanol–water partition coefficient (Wildman–Crippen LogP) is 3.03. The number of methoxy groups -OCH3 is 2. The Hall–Kier alpha value is -3.54. The number of ether oxygens (including phenoxy) is 2. The molecular formula is C22H26FN6O6P. The molecule has 1 aliphatic carbocycles. The maximum absolute atomic E-state index is 13.5. The third-order valence-electron chi connectivity index (χ3n) is 5.51. The molecule has 12 nitrogen and oxygen atoms in total. The molecule has 14 heteroatoms. The minimum Gasteiger partial charge on any atom is -0.479 e. The van der Waals surface area contributed by atoms with Gasteiger partial charge in [0.2, 0.25) is 11.8 Å². The van der Waals surface area contributed by atoms with Crippen LogP contribution < -0.4 is 20.1 Å². The van der Waals surface area contributed by atoms with Crippen LogP contribution in [0.1, 0.15) is 19.4 Å². The van der Waals surface area contributed by atoms with Crippen LogP contribution in [-0.4, -0.2) is 52.4 Å². The lowest BCUT2D eigenvalue weighted by molar-refractivity contribution is -0.142. The van der Waals surface area contributed by atoms with Crippen LogP contribution in [0.5, 0.6) is 11.6 Å². The summed E-state index contributed by atoms with van der Waals surface area (Å²) >= 11 is 0. The van der Waals surface area contributed by atoms with Gasteiger partial charge in [0, 0.05) is 5.92 Å². The van der Waals surface area contributed by atoms with Crippen molar-refractivity contribution in [2.24, 2.45) is 5.92 Å². The van der Waals surface area contributed by atoms with Crippen LogP contribution in [0, 0.1) is 11.7 Å². The number of rotatable bonds is 10. The molecule has 4 atom stereocenters. The Labute approximate surface area is 206 Å². The fourth-order valence-corrected chi connectivity index (χ4v) is 5.31. The van der Waals surface area contributed by atoms with Gasteiger partial charge in [-0.2, -0.15) is 15.1 Å². The van der Waals surface area contributed by atoms with Gasteiger partial charge in [0.15, 0.2) is 11.2 Å². The smallest absolute Gasteiger partial charge is 0.459 e. The minimum atomic E-state index is -4.05. The van der Waals surface area contributed by atoms with Gasteiger partial charge in [-0.05, 0) is 37.6 Å². The van der Waals surface area contributed by atoms with Crippen molar-refractivity contribution < 1.29 is 32.3 Å². The SMILES string of the molecule is COC(=O)[C@H](C)NP(=O)(OC[C@@H]1C=C[C@H](n2cnc3c(OC)nc(N)nc32)C1)Oc1ccc(F)cc1. The van der Waals surface area contributed by atoms with E-state index in [1.807, 2.05) is 16.7 Å². The zero-order chi connectivity index (χ0) is 25.9. The molecule has 0 spiro atoms. The highest BCUT2D eigenvalue weighted by Crippen LogP contribution is 2.46. The number of hydrogen-bond acceptors (Lipinski definition) is 10. The molecule has 3 aromatic rings. The molecule has 0 fully saturated rings. The van der Waals surface area contributed by atoms with Crippen molar-refractivity contribution in [3.05, 3.63) is 48.6 Å². The van der Waals surface area contributed by atoms with E-state index in [2.05, 4.69) is 24.8 Å². The van der Waals surface area contributed by atoms with Gasteiger partial charge in [-0.3, -0.25) is 9.32 Å². The van der Waals surface area contributed by atoms with Gasteiger partial charge >= 0.3 is 13.7 Å². The summed E-state index contributed by atoms with van der Waals surface area (Å²) in [5, 5.41) is 2.57. The first-order valence-corrected chi connectivity index (χ1v) is 12.5. The second kappa shape index (κ2) is 10.6. The number of nitrogens with zero attached hydrogens (tertiary/aromatic N) is 4. The highest BCUT2D eigenvalue weighted by molar-refractivity contribution is 7.52. The van der Waals surface area contributed by atoms with Crippen molar-refractivity contribution in [3.63, 3.8) is 0 Å². The maximum atomic E-state index is 13.5. The lowest BCUT2D eigenvalue weighted by atomic mass is 10.1. The molecule has 2 aromatic heterocycles. The Balaban J connectivity index is 1.47. The summed E-state index contributed by atoms with van der Waals surface area (Å²) in [5.41, 5.74) is 6.81. The van der Waals surface area contributed by atoms with Gasteiger partial charge in [-0.1, -0.05) is 12.2 Å². The number of allylic oxidation sites excluding steroid dienone is 1. The van der Waals surface area contributed by atoms with E-state index in [0.717, 1.165) is 12.1 Å². The number of nitrogens with one attached hydrogen (secondary N) is 1. The van der Waals surface area contributed by atoms with Gasteiger partial charge in [0.1, 0.15) is 17.6 Å². The summed E-state index contributed by atoms with van der Waals surface area (Å²) in [5.74, 6) is -0.816. The van der Waals surface area contributed by atoms with Gasteiger partial charge < -0.3 is 24.3 Å². The maximum Gasteiger partial charge on any atom is 0.459 e. The third-order valence-corrected chi connectivity index (χ3v) is 7.16. The molecule has 36 heavy (non-hydrogen) atoms. The predicted molar refractivity (Wildman–Crippen MR) is 128 cm³/mol. The van der Waals surface area contributed by atoms with E-state index < -0.39 is 25.6 Å². The number of anilines is 1. The number of benzene rings is 1. The van der Waals surface area contributed by atoms with Crippen molar-refractivity contribution in [1.82, 2.24) is 24.6 Å². The summed E-state index contributed by atoms with van der Waals surface area (Å²) in [6, 6.07) is 3.84. The van der Waals surface area contributed by atoms with E-state index in [0.29, 0.717) is 17.6 Å². The molecule has 1 aliphatic rings. The minimum absolute atomic E-state index is 0.0133. The fourth-order valence-electron chi connectivity index (χ4n) is 3.76. The quantitative estimate of drug-likeness (QED) is 0.230. The topological polar surface area (TPSA) is 153 Å². The molecule has 2 heterocycles. The number of fused-ring (bicyclic) bond motifs is 1. The standard InChI is InChI=1S/C22H26FN6O6P/c1-13(21(30)33-3)28-36(31,35-17-8-5-15(23)6-9-17)34-11-14-4-7-16(10-14)29-12-25-18-19(29)26-22(24)27-20(18)32-2/h4-9,12-14,16H,10-11H2,1-3H3,(H,28,31)(H2,24,26,27)/t13-,14+,16-,36?/m0/s1. The summed E-state index contributed by atoms with van der Waals surface area (Å²) in [6.45, 7) is 1.48. The molecule has 0 amide bonds. The number of carbonyl (C=O) groups excluding carboxylic acids is 1. The van der Waals surface area contributed by atoms with Crippen LogP contribution in [0.4, 0.5) is 10.3 Å². The van der Waals surface area contributed by atoms with Gasteiger partial charge in [-0.25, -0.2) is 13.9 Å². The number of aromatic nitrogens is 4. The summed E-state index contributed by atoms with van der Waals surface area (Å²) in [6.07, 6.45) is 6.09. The fraction of sp³-hybridized carbons (Fsp3) is 0.364. The average Bonchev–Trinajstić information content (AvgIpc) is 3.50. The molecule has 4 rings (SSSR count). The molecular weight excluding hydrogens is 494 g/mol. The zero-order valence-electron chi connectivity index (χ0n) is 19.8. The molecule has 0 radical (unpaired) electrons. The van der Waals surface area contributed by atoms with Crippen molar-refractivity contribution in [3.8, 4) is 11.6 Å². The molecule has 1 unspecified atom stereocenters. The van der Waals surface area contributed by atoms with E-state index in [-0.39, 0.29) is 36.1 Å². The number of halogens is 1. The Morgan fingerprint density at radius 3 is 2.72 bits per heavy atom. The van der Waals surface area contributed by atoms with E-state index in [1.165, 1.54) is 33.3 Å². The highest BCUT2D eigenvalue weighted by atomic mass is 31.2. The van der Waals surface area contributed by atoms with Crippen molar-refractivity contribution in [2.45, 2.75) is 25.4 Å². The largest absolute Gasteiger partial charge is 0.479 e. The highest BCUT2D eigenvalue weighted by Gasteiger charge is 2.34. The number of imidazole rings is 1. The Kier molecular flexibility index (Phi) is 7.53. The first-order valence-electron chi connectivity index (χ1n) is 11.0. The number of esters is 1. The molecule has 0 aliphatic heterocycles. The van der Waals surface area contributed by atoms with Gasteiger partial charge in [0.05, 0.1) is 33.2 Å². The van der Waals surface area contributed by atoms with Crippen molar-refractivity contribution >= 4 is 30.8 Å². The molecule has 0 saturated heterocycles. The zero-order valence-corrected chi connectivity index (χ0v) is 20.7. The first kappa shape index (κ1) is 25.5.